The average Bonchev–Trinajstić information content (AvgIpc) is 2.89. The molecule has 0 saturated carbocycles. The van der Waals surface area contributed by atoms with E-state index in [1.807, 2.05) is 0 Å². The van der Waals surface area contributed by atoms with E-state index in [-0.39, 0.29) is 4.70 Å². The van der Waals surface area contributed by atoms with Crippen LogP contribution in [0.25, 0.3) is 0 Å². The lowest BCUT2D eigenvalue weighted by Gasteiger charge is -2.27. The standard InChI is InChI=1S/C32H44P.FH/c1-2-3-4-5-6-7-8-9-10-11-12-22-29-33(30-23-16-13-17-24-30,31-25-18-14-19-26-31)32-27-20-15-21-28-32;/h13-21,23-28H,2-12,22,29H2,1H3;1H/q+1;/p-1. The van der Waals surface area contributed by atoms with Crippen LogP contribution in [0.3, 0.4) is 0 Å². The van der Waals surface area contributed by atoms with Gasteiger partial charge in [0.2, 0.25) is 0 Å². The molecule has 0 unspecified atom stereocenters. The zero-order valence-corrected chi connectivity index (χ0v) is 22.1. The van der Waals surface area contributed by atoms with E-state index >= 15 is 0 Å². The molecule has 34 heavy (non-hydrogen) atoms. The van der Waals surface area contributed by atoms with Gasteiger partial charge in [-0.15, -0.1) is 0 Å². The van der Waals surface area contributed by atoms with Crippen LogP contribution in [0.4, 0.5) is 0 Å². The van der Waals surface area contributed by atoms with Gasteiger partial charge in [-0.1, -0.05) is 126 Å². The van der Waals surface area contributed by atoms with Crippen molar-refractivity contribution in [3.8, 4) is 0 Å². The molecule has 0 aromatic heterocycles. The molecule has 2 heteroatoms. The third-order valence-electron chi connectivity index (χ3n) is 6.94. The lowest BCUT2D eigenvalue weighted by molar-refractivity contribution is -0.00000674. The maximum atomic E-state index is 2.37. The molecular weight excluding hydrogens is 434 g/mol. The fraction of sp³-hybridized carbons (Fsp3) is 0.438. The fourth-order valence-electron chi connectivity index (χ4n) is 5.07. The second kappa shape index (κ2) is 16.6. The van der Waals surface area contributed by atoms with Crippen LogP contribution in [0.1, 0.15) is 84.0 Å². The largest absolute Gasteiger partial charge is 1.00 e. The Morgan fingerprint density at radius 1 is 0.412 bits per heavy atom. The van der Waals surface area contributed by atoms with Crippen LogP contribution in [0.2, 0.25) is 0 Å². The lowest BCUT2D eigenvalue weighted by Crippen LogP contribution is -3.00. The molecule has 0 aliphatic heterocycles. The number of unbranched alkanes of at least 4 members (excludes halogenated alkanes) is 11. The van der Waals surface area contributed by atoms with Gasteiger partial charge >= 0.3 is 0 Å². The Morgan fingerprint density at radius 2 is 0.706 bits per heavy atom. The Balaban J connectivity index is 0.00000408. The van der Waals surface area contributed by atoms with Crippen molar-refractivity contribution >= 4 is 23.2 Å². The van der Waals surface area contributed by atoms with Crippen molar-refractivity contribution in [2.24, 2.45) is 0 Å². The maximum absolute atomic E-state index is 2.37. The molecule has 3 aromatic rings. The summed E-state index contributed by atoms with van der Waals surface area (Å²) in [6.07, 6.45) is 18.1. The van der Waals surface area contributed by atoms with Gasteiger partial charge in [-0.2, -0.15) is 0 Å². The Labute approximate surface area is 208 Å². The zero-order chi connectivity index (χ0) is 23.0. The molecule has 0 heterocycles. The van der Waals surface area contributed by atoms with Gasteiger partial charge in [-0.25, -0.2) is 0 Å². The number of hydrogen-bond acceptors (Lipinski definition) is 0. The van der Waals surface area contributed by atoms with Crippen LogP contribution >= 0.6 is 7.26 Å². The minimum atomic E-state index is -1.63. The van der Waals surface area contributed by atoms with Crippen molar-refractivity contribution in [1.29, 1.82) is 0 Å². The van der Waals surface area contributed by atoms with Crippen molar-refractivity contribution in [2.45, 2.75) is 84.0 Å². The van der Waals surface area contributed by atoms with Crippen molar-refractivity contribution in [3.63, 3.8) is 0 Å². The van der Waals surface area contributed by atoms with Crippen LogP contribution in [-0.4, -0.2) is 6.16 Å². The highest BCUT2D eigenvalue weighted by Gasteiger charge is 2.44. The minimum Gasteiger partial charge on any atom is -1.00 e. The van der Waals surface area contributed by atoms with E-state index in [1.54, 1.807) is 0 Å². The summed E-state index contributed by atoms with van der Waals surface area (Å²) in [5, 5.41) is 4.56. The van der Waals surface area contributed by atoms with E-state index in [0.29, 0.717) is 0 Å². The van der Waals surface area contributed by atoms with E-state index in [4.69, 9.17) is 0 Å². The van der Waals surface area contributed by atoms with Gasteiger partial charge in [0.15, 0.2) is 0 Å². The van der Waals surface area contributed by atoms with Crippen molar-refractivity contribution in [1.82, 2.24) is 0 Å². The topological polar surface area (TPSA) is 0 Å². The molecule has 0 N–H and O–H groups in total. The normalized spacial score (nSPS) is 11.2. The van der Waals surface area contributed by atoms with Gasteiger partial charge in [0.25, 0.3) is 0 Å². The van der Waals surface area contributed by atoms with Crippen LogP contribution in [0.15, 0.2) is 91.0 Å². The first-order valence-electron chi connectivity index (χ1n) is 13.4. The Hall–Kier alpha value is -1.98. The maximum Gasteiger partial charge on any atom is 0.112 e. The molecule has 0 nitrogen and oxygen atoms in total. The van der Waals surface area contributed by atoms with Gasteiger partial charge in [-0.3, -0.25) is 0 Å². The third-order valence-corrected chi connectivity index (χ3v) is 11.5. The highest BCUT2D eigenvalue weighted by molar-refractivity contribution is 7.95. The molecule has 0 aliphatic carbocycles. The molecule has 0 aliphatic rings. The highest BCUT2D eigenvalue weighted by Crippen LogP contribution is 2.55. The van der Waals surface area contributed by atoms with E-state index in [0.717, 1.165) is 0 Å². The molecule has 0 bridgehead atoms. The van der Waals surface area contributed by atoms with Crippen LogP contribution in [-0.2, 0) is 0 Å². The number of benzene rings is 3. The van der Waals surface area contributed by atoms with Gasteiger partial charge in [0.05, 0.1) is 6.16 Å². The second-order valence-electron chi connectivity index (χ2n) is 9.43. The number of halogens is 1. The van der Waals surface area contributed by atoms with Crippen molar-refractivity contribution in [3.05, 3.63) is 91.0 Å². The Morgan fingerprint density at radius 3 is 1.03 bits per heavy atom. The SMILES string of the molecule is CCCCCCCCCCCCCC[P+](c1ccccc1)(c1ccccc1)c1ccccc1.[F-]. The smallest absolute Gasteiger partial charge is 0.112 e. The van der Waals surface area contributed by atoms with Gasteiger partial charge in [0, 0.05) is 0 Å². The van der Waals surface area contributed by atoms with Crippen LogP contribution in [0.5, 0.6) is 0 Å². The average molecular weight is 479 g/mol. The third kappa shape index (κ3) is 8.35. The first-order valence-corrected chi connectivity index (χ1v) is 15.4. The highest BCUT2D eigenvalue weighted by atomic mass is 31.2. The fourth-order valence-corrected chi connectivity index (χ4v) is 9.48. The summed E-state index contributed by atoms with van der Waals surface area (Å²) in [7, 11) is -1.63. The summed E-state index contributed by atoms with van der Waals surface area (Å²) >= 11 is 0. The van der Waals surface area contributed by atoms with E-state index in [2.05, 4.69) is 97.9 Å². The predicted octanol–water partition coefficient (Wildman–Crippen LogP) is 5.69. The van der Waals surface area contributed by atoms with E-state index < -0.39 is 7.26 Å². The van der Waals surface area contributed by atoms with Crippen LogP contribution < -0.4 is 20.6 Å². The molecule has 0 saturated heterocycles. The predicted molar refractivity (Wildman–Crippen MR) is 151 cm³/mol. The first-order chi connectivity index (χ1) is 16.4. The second-order valence-corrected chi connectivity index (χ2v) is 13.0. The molecule has 184 valence electrons. The van der Waals surface area contributed by atoms with E-state index in [9.17, 15) is 0 Å². The summed E-state index contributed by atoms with van der Waals surface area (Å²) in [5.41, 5.74) is 0. The monoisotopic (exact) mass is 478 g/mol. The molecule has 3 aromatic carbocycles. The van der Waals surface area contributed by atoms with Gasteiger partial charge in [-0.05, 0) is 49.2 Å². The molecular formula is C32H44FP. The first kappa shape index (κ1) is 28.3. The quantitative estimate of drug-likeness (QED) is 0.183. The van der Waals surface area contributed by atoms with Gasteiger partial charge < -0.3 is 4.70 Å². The minimum absolute atomic E-state index is 0. The molecule has 0 amide bonds. The summed E-state index contributed by atoms with van der Waals surface area (Å²) in [6.45, 7) is 2.30. The summed E-state index contributed by atoms with van der Waals surface area (Å²) < 4.78 is 0. The molecule has 3 rings (SSSR count). The molecule has 0 radical (unpaired) electrons. The van der Waals surface area contributed by atoms with Crippen molar-refractivity contribution < 1.29 is 4.70 Å². The molecule has 0 atom stereocenters. The number of hydrogen-bond donors (Lipinski definition) is 0. The Kier molecular flexibility index (Phi) is 13.8. The summed E-state index contributed by atoms with van der Waals surface area (Å²) in [6, 6.07) is 34.0. The summed E-state index contributed by atoms with van der Waals surface area (Å²) in [4.78, 5) is 0. The van der Waals surface area contributed by atoms with Gasteiger partial charge in [0.1, 0.15) is 23.2 Å². The van der Waals surface area contributed by atoms with E-state index in [1.165, 1.54) is 99.1 Å². The Bertz CT molecular complexity index is 767. The summed E-state index contributed by atoms with van der Waals surface area (Å²) in [5.74, 6) is 0. The molecule has 0 fully saturated rings. The molecule has 0 spiro atoms. The zero-order valence-electron chi connectivity index (χ0n) is 21.2. The van der Waals surface area contributed by atoms with Crippen LogP contribution in [0, 0.1) is 0 Å². The number of rotatable bonds is 16. The lowest BCUT2D eigenvalue weighted by atomic mass is 10.1. The van der Waals surface area contributed by atoms with Crippen molar-refractivity contribution in [2.75, 3.05) is 6.16 Å².